The maximum atomic E-state index is 13.4. The number of piperidine rings is 1. The zero-order chi connectivity index (χ0) is 25.2. The third kappa shape index (κ3) is 4.85. The van der Waals surface area contributed by atoms with E-state index in [1.54, 1.807) is 30.5 Å². The molecule has 0 atom stereocenters. The lowest BCUT2D eigenvalue weighted by Gasteiger charge is -2.31. The highest BCUT2D eigenvalue weighted by Gasteiger charge is 2.24. The number of aromatic nitrogens is 3. The summed E-state index contributed by atoms with van der Waals surface area (Å²) in [6.45, 7) is 4.41. The lowest BCUT2D eigenvalue weighted by atomic mass is 9.90. The van der Waals surface area contributed by atoms with Crippen LogP contribution in [0.3, 0.4) is 0 Å². The second-order valence-corrected chi connectivity index (χ2v) is 10.1. The number of carbonyl (C=O) groups excluding carboxylic acids is 1. The van der Waals surface area contributed by atoms with Crippen LogP contribution in [0.25, 0.3) is 16.9 Å². The van der Waals surface area contributed by atoms with Gasteiger partial charge in [-0.25, -0.2) is 14.4 Å². The monoisotopic (exact) mass is 506 g/mol. The Hall–Kier alpha value is -3.30. The van der Waals surface area contributed by atoms with E-state index in [1.807, 2.05) is 12.4 Å². The van der Waals surface area contributed by atoms with Gasteiger partial charge in [0.25, 0.3) is 0 Å². The number of aryl methyl sites for hydroxylation is 1. The van der Waals surface area contributed by atoms with Crippen molar-refractivity contribution >= 4 is 33.8 Å². The Bertz CT molecular complexity index is 1360. The van der Waals surface area contributed by atoms with Gasteiger partial charge < -0.3 is 10.2 Å². The summed E-state index contributed by atoms with van der Waals surface area (Å²) in [5, 5.41) is 5.58. The first-order chi connectivity index (χ1) is 17.5. The quantitative estimate of drug-likeness (QED) is 0.388. The van der Waals surface area contributed by atoms with Gasteiger partial charge in [0.2, 0.25) is 5.91 Å². The number of hydrogen-bond donors (Lipinski definition) is 1. The van der Waals surface area contributed by atoms with Crippen molar-refractivity contribution in [2.75, 3.05) is 38.6 Å². The second kappa shape index (κ2) is 10.4. The van der Waals surface area contributed by atoms with Gasteiger partial charge >= 0.3 is 0 Å². The summed E-state index contributed by atoms with van der Waals surface area (Å²) in [5.74, 6) is 1.28. The lowest BCUT2D eigenvalue weighted by Crippen LogP contribution is -2.40. The number of imidazole rings is 1. The van der Waals surface area contributed by atoms with E-state index in [0.717, 1.165) is 65.9 Å². The molecule has 0 aliphatic carbocycles. The first-order valence-corrected chi connectivity index (χ1v) is 13.2. The molecule has 0 saturated carbocycles. The standard InChI is InChI=1S/C27H31FN6OS/c1-4-22-26(32(3)27-31-23(17-36-27)19-5-8-21(28)9-6-19)34-15-20(7-10-24(34)30-22)18-11-13-33(14-12-18)16-25(35)29-2/h5-10,15,17-18H,4,11-14,16H2,1-3H3,(H,29,35). The van der Waals surface area contributed by atoms with Crippen LogP contribution in [0, 0.1) is 5.82 Å². The summed E-state index contributed by atoms with van der Waals surface area (Å²) in [4.78, 5) is 25.8. The number of carbonyl (C=O) groups is 1. The fourth-order valence-electron chi connectivity index (χ4n) is 4.90. The van der Waals surface area contributed by atoms with Crippen molar-refractivity contribution in [3.05, 3.63) is 65.0 Å². The molecule has 1 aliphatic heterocycles. The van der Waals surface area contributed by atoms with E-state index in [-0.39, 0.29) is 11.7 Å². The van der Waals surface area contributed by atoms with E-state index in [1.165, 1.54) is 17.7 Å². The summed E-state index contributed by atoms with van der Waals surface area (Å²) in [6.07, 6.45) is 5.08. The molecule has 1 N–H and O–H groups in total. The molecule has 1 amide bonds. The molecule has 0 bridgehead atoms. The van der Waals surface area contributed by atoms with Crippen LogP contribution in [0.5, 0.6) is 0 Å². The third-order valence-electron chi connectivity index (χ3n) is 6.96. The molecule has 9 heteroatoms. The highest BCUT2D eigenvalue weighted by Crippen LogP contribution is 2.35. The van der Waals surface area contributed by atoms with Crippen molar-refractivity contribution in [3.8, 4) is 11.3 Å². The number of fused-ring (bicyclic) bond motifs is 1. The Kier molecular flexibility index (Phi) is 7.02. The van der Waals surface area contributed by atoms with Crippen LogP contribution in [0.15, 0.2) is 48.0 Å². The van der Waals surface area contributed by atoms with Gasteiger partial charge in [-0.05, 0) is 74.2 Å². The number of amides is 1. The van der Waals surface area contributed by atoms with Gasteiger partial charge in [0.1, 0.15) is 17.3 Å². The number of benzene rings is 1. The predicted octanol–water partition coefficient (Wildman–Crippen LogP) is 4.85. The molecule has 1 aromatic carbocycles. The van der Waals surface area contributed by atoms with Crippen LogP contribution in [0.1, 0.15) is 36.9 Å². The van der Waals surface area contributed by atoms with E-state index in [4.69, 9.17) is 9.97 Å². The molecule has 1 fully saturated rings. The van der Waals surface area contributed by atoms with Crippen molar-refractivity contribution in [3.63, 3.8) is 0 Å². The summed E-state index contributed by atoms with van der Waals surface area (Å²) in [6, 6.07) is 10.7. The highest BCUT2D eigenvalue weighted by molar-refractivity contribution is 7.14. The predicted molar refractivity (Wildman–Crippen MR) is 143 cm³/mol. The topological polar surface area (TPSA) is 65.8 Å². The Morgan fingerprint density at radius 2 is 1.92 bits per heavy atom. The molecule has 0 spiro atoms. The summed E-state index contributed by atoms with van der Waals surface area (Å²) in [5.41, 5.74) is 4.96. The SMILES string of the molecule is CCc1nc2ccc(C3CCN(CC(=O)NC)CC3)cn2c1N(C)c1nc(-c2ccc(F)cc2)cs1. The first kappa shape index (κ1) is 24.4. The van der Waals surface area contributed by atoms with Gasteiger partial charge in [0.05, 0.1) is 17.9 Å². The Labute approximate surface area is 214 Å². The van der Waals surface area contributed by atoms with Crippen LogP contribution in [0.2, 0.25) is 0 Å². The molecule has 4 aromatic rings. The number of thiazole rings is 1. The summed E-state index contributed by atoms with van der Waals surface area (Å²) in [7, 11) is 3.71. The number of rotatable bonds is 7. The molecular weight excluding hydrogens is 475 g/mol. The number of hydrogen-bond acceptors (Lipinski definition) is 6. The van der Waals surface area contributed by atoms with E-state index >= 15 is 0 Å². The summed E-state index contributed by atoms with van der Waals surface area (Å²) >= 11 is 1.56. The van der Waals surface area contributed by atoms with E-state index in [9.17, 15) is 9.18 Å². The molecule has 5 rings (SSSR count). The van der Waals surface area contributed by atoms with E-state index < -0.39 is 0 Å². The number of halogens is 1. The molecule has 7 nitrogen and oxygen atoms in total. The molecule has 1 aliphatic rings. The van der Waals surface area contributed by atoms with E-state index in [2.05, 4.69) is 44.8 Å². The van der Waals surface area contributed by atoms with Gasteiger partial charge in [0, 0.05) is 31.2 Å². The van der Waals surface area contributed by atoms with Gasteiger partial charge in [-0.15, -0.1) is 11.3 Å². The summed E-state index contributed by atoms with van der Waals surface area (Å²) < 4.78 is 15.5. The Balaban J connectivity index is 1.41. The molecule has 188 valence electrons. The number of anilines is 2. The lowest BCUT2D eigenvalue weighted by molar-refractivity contribution is -0.122. The molecule has 0 radical (unpaired) electrons. The highest BCUT2D eigenvalue weighted by atomic mass is 32.1. The molecule has 3 aromatic heterocycles. The number of pyridine rings is 1. The minimum atomic E-state index is -0.252. The minimum absolute atomic E-state index is 0.0674. The van der Waals surface area contributed by atoms with Crippen LogP contribution < -0.4 is 10.2 Å². The van der Waals surface area contributed by atoms with Crippen molar-refractivity contribution in [2.45, 2.75) is 32.1 Å². The van der Waals surface area contributed by atoms with Gasteiger partial charge in [-0.2, -0.15) is 0 Å². The number of likely N-dealkylation sites (tertiary alicyclic amines) is 1. The molecular formula is C27H31FN6OS. The van der Waals surface area contributed by atoms with Crippen molar-refractivity contribution in [1.29, 1.82) is 0 Å². The number of nitrogens with one attached hydrogen (secondary N) is 1. The maximum Gasteiger partial charge on any atom is 0.233 e. The van der Waals surface area contributed by atoms with Gasteiger partial charge in [0.15, 0.2) is 5.13 Å². The van der Waals surface area contributed by atoms with Crippen LogP contribution in [-0.2, 0) is 11.2 Å². The minimum Gasteiger partial charge on any atom is -0.358 e. The molecule has 0 unspecified atom stereocenters. The van der Waals surface area contributed by atoms with Gasteiger partial charge in [-0.1, -0.05) is 13.0 Å². The fraction of sp³-hybridized carbons (Fsp3) is 0.370. The Morgan fingerprint density at radius 3 is 2.61 bits per heavy atom. The van der Waals surface area contributed by atoms with Crippen LogP contribution in [-0.4, -0.2) is 58.9 Å². The van der Waals surface area contributed by atoms with Crippen molar-refractivity contribution < 1.29 is 9.18 Å². The van der Waals surface area contributed by atoms with Gasteiger partial charge in [-0.3, -0.25) is 14.1 Å². The zero-order valence-corrected chi connectivity index (χ0v) is 21.7. The number of likely N-dealkylation sites (N-methyl/N-ethyl adjacent to an activating group) is 1. The zero-order valence-electron chi connectivity index (χ0n) is 20.9. The van der Waals surface area contributed by atoms with Crippen molar-refractivity contribution in [2.24, 2.45) is 0 Å². The number of nitrogens with zero attached hydrogens (tertiary/aromatic N) is 5. The molecule has 4 heterocycles. The second-order valence-electron chi connectivity index (χ2n) is 9.23. The largest absolute Gasteiger partial charge is 0.358 e. The molecule has 36 heavy (non-hydrogen) atoms. The molecule has 1 saturated heterocycles. The fourth-order valence-corrected chi connectivity index (χ4v) is 5.70. The van der Waals surface area contributed by atoms with E-state index in [0.29, 0.717) is 12.5 Å². The average Bonchev–Trinajstić information content (AvgIpc) is 3.54. The first-order valence-electron chi connectivity index (χ1n) is 12.4. The normalized spacial score (nSPS) is 14.9. The smallest absolute Gasteiger partial charge is 0.233 e. The average molecular weight is 507 g/mol. The Morgan fingerprint density at radius 1 is 1.17 bits per heavy atom. The third-order valence-corrected chi connectivity index (χ3v) is 7.88. The maximum absolute atomic E-state index is 13.4. The van der Waals surface area contributed by atoms with Crippen molar-refractivity contribution in [1.82, 2.24) is 24.6 Å². The van der Waals surface area contributed by atoms with Crippen LogP contribution >= 0.6 is 11.3 Å². The van der Waals surface area contributed by atoms with Crippen LogP contribution in [0.4, 0.5) is 15.3 Å².